The topological polar surface area (TPSA) is 99.8 Å². The minimum Gasteiger partial charge on any atom is -0.485 e. The molecule has 0 unspecified atom stereocenters. The van der Waals surface area contributed by atoms with E-state index in [1.54, 1.807) is 31.4 Å². The molecule has 0 aliphatic carbocycles. The first kappa shape index (κ1) is 16.6. The molecule has 9 nitrogen and oxygen atoms in total. The van der Waals surface area contributed by atoms with E-state index in [4.69, 9.17) is 4.74 Å². The van der Waals surface area contributed by atoms with Crippen LogP contribution in [0.5, 0.6) is 5.75 Å². The molecule has 1 amide bonds. The Kier molecular flexibility index (Phi) is 5.35. The predicted octanol–water partition coefficient (Wildman–Crippen LogP) is 0.806. The van der Waals surface area contributed by atoms with Crippen molar-refractivity contribution in [2.75, 3.05) is 6.54 Å². The van der Waals surface area contributed by atoms with Gasteiger partial charge in [0.1, 0.15) is 12.4 Å². The highest BCUT2D eigenvalue weighted by Gasteiger charge is 2.13. The van der Waals surface area contributed by atoms with Crippen LogP contribution in [0.4, 0.5) is 0 Å². The third-order valence-electron chi connectivity index (χ3n) is 3.61. The molecule has 25 heavy (non-hydrogen) atoms. The highest BCUT2D eigenvalue weighted by atomic mass is 16.5. The first-order chi connectivity index (χ1) is 12.2. The fraction of sp³-hybridized carbons (Fsp3) is 0.312. The summed E-state index contributed by atoms with van der Waals surface area (Å²) in [7, 11) is 1.73. The van der Waals surface area contributed by atoms with Gasteiger partial charge in [-0.25, -0.2) is 4.68 Å². The molecule has 0 aliphatic rings. The van der Waals surface area contributed by atoms with Crippen molar-refractivity contribution in [1.29, 1.82) is 0 Å². The minimum atomic E-state index is -0.174. The average Bonchev–Trinajstić information content (AvgIpc) is 3.28. The second-order valence-corrected chi connectivity index (χ2v) is 5.38. The van der Waals surface area contributed by atoms with Crippen molar-refractivity contribution in [3.05, 3.63) is 54.1 Å². The van der Waals surface area contributed by atoms with Crippen LogP contribution in [-0.2, 0) is 20.2 Å². The molecule has 0 spiro atoms. The van der Waals surface area contributed by atoms with Gasteiger partial charge in [-0.3, -0.25) is 9.48 Å². The van der Waals surface area contributed by atoms with Crippen molar-refractivity contribution in [2.24, 2.45) is 7.05 Å². The molecule has 0 bridgehead atoms. The average molecular weight is 341 g/mol. The molecule has 0 atom stereocenters. The number of hydrogen-bond acceptors (Lipinski definition) is 6. The number of amides is 1. The van der Waals surface area contributed by atoms with Crippen LogP contribution in [0.2, 0.25) is 0 Å². The Hall–Kier alpha value is -3.23. The third-order valence-corrected chi connectivity index (χ3v) is 3.61. The largest absolute Gasteiger partial charge is 0.485 e. The number of carbonyl (C=O) groups is 1. The maximum atomic E-state index is 12.4. The van der Waals surface area contributed by atoms with Gasteiger partial charge in [0.15, 0.2) is 5.82 Å². The second kappa shape index (κ2) is 8.04. The molecule has 3 aromatic rings. The summed E-state index contributed by atoms with van der Waals surface area (Å²) in [4.78, 5) is 12.4. The number of ether oxygens (including phenoxy) is 1. The summed E-state index contributed by atoms with van der Waals surface area (Å²) in [6, 6.07) is 8.97. The van der Waals surface area contributed by atoms with Crippen molar-refractivity contribution in [2.45, 2.75) is 19.6 Å². The van der Waals surface area contributed by atoms with Crippen LogP contribution in [0.1, 0.15) is 22.6 Å². The number of benzene rings is 1. The smallest absolute Gasteiger partial charge is 0.255 e. The molecule has 3 rings (SSSR count). The summed E-state index contributed by atoms with van der Waals surface area (Å²) in [5.41, 5.74) is 0.483. The monoisotopic (exact) mass is 341 g/mol. The Bertz CT molecular complexity index is 814. The van der Waals surface area contributed by atoms with Crippen molar-refractivity contribution in [3.63, 3.8) is 0 Å². The first-order valence-corrected chi connectivity index (χ1v) is 7.93. The van der Waals surface area contributed by atoms with E-state index < -0.39 is 0 Å². The maximum Gasteiger partial charge on any atom is 0.255 e. The van der Waals surface area contributed by atoms with Gasteiger partial charge in [0, 0.05) is 32.5 Å². The van der Waals surface area contributed by atoms with E-state index in [2.05, 4.69) is 25.9 Å². The van der Waals surface area contributed by atoms with Crippen LogP contribution in [0.15, 0.2) is 42.7 Å². The Morgan fingerprint density at radius 2 is 2.16 bits per heavy atom. The quantitative estimate of drug-likeness (QED) is 0.609. The second-order valence-electron chi connectivity index (χ2n) is 5.38. The van der Waals surface area contributed by atoms with Gasteiger partial charge in [0.2, 0.25) is 0 Å². The van der Waals surface area contributed by atoms with Crippen molar-refractivity contribution < 1.29 is 9.53 Å². The van der Waals surface area contributed by atoms with Crippen molar-refractivity contribution in [3.8, 4) is 5.75 Å². The zero-order valence-electron chi connectivity index (χ0n) is 13.9. The molecule has 0 saturated heterocycles. The highest BCUT2D eigenvalue weighted by Crippen LogP contribution is 2.18. The van der Waals surface area contributed by atoms with Crippen LogP contribution >= 0.6 is 0 Å². The molecule has 2 heterocycles. The lowest BCUT2D eigenvalue weighted by Crippen LogP contribution is -2.26. The van der Waals surface area contributed by atoms with Gasteiger partial charge in [0.25, 0.3) is 5.91 Å². The zero-order valence-corrected chi connectivity index (χ0v) is 13.9. The van der Waals surface area contributed by atoms with Crippen molar-refractivity contribution >= 4 is 5.91 Å². The molecule has 1 aromatic carbocycles. The number of hydrogen-bond donors (Lipinski definition) is 1. The molecule has 130 valence electrons. The molecule has 9 heteroatoms. The summed E-state index contributed by atoms with van der Waals surface area (Å²) in [6.45, 7) is 1.50. The highest BCUT2D eigenvalue weighted by molar-refractivity contribution is 5.96. The number of nitrogens with zero attached hydrogens (tertiary/aromatic N) is 6. The van der Waals surface area contributed by atoms with Crippen LogP contribution in [0, 0.1) is 0 Å². The molecule has 0 fully saturated rings. The van der Waals surface area contributed by atoms with E-state index in [1.165, 1.54) is 4.68 Å². The molecule has 0 saturated carbocycles. The van der Waals surface area contributed by atoms with Gasteiger partial charge in [0.05, 0.1) is 5.56 Å². The van der Waals surface area contributed by atoms with Gasteiger partial charge >= 0.3 is 0 Å². The lowest BCUT2D eigenvalue weighted by atomic mass is 10.2. The first-order valence-electron chi connectivity index (χ1n) is 7.93. The van der Waals surface area contributed by atoms with Crippen LogP contribution in [0.25, 0.3) is 0 Å². The summed E-state index contributed by atoms with van der Waals surface area (Å²) in [5, 5.41) is 18.2. The predicted molar refractivity (Wildman–Crippen MR) is 88.7 cm³/mol. The summed E-state index contributed by atoms with van der Waals surface area (Å²) in [6.07, 6.45) is 4.42. The molecular formula is C16H19N7O2. The number of para-hydroxylation sites is 1. The van der Waals surface area contributed by atoms with E-state index in [0.29, 0.717) is 23.7 Å². The van der Waals surface area contributed by atoms with E-state index in [0.717, 1.165) is 13.0 Å². The SMILES string of the molecule is Cn1nnnc1COc1ccccc1C(=O)NCCCn1cccn1. The van der Waals surface area contributed by atoms with E-state index in [-0.39, 0.29) is 12.5 Å². The normalized spacial score (nSPS) is 10.6. The van der Waals surface area contributed by atoms with Gasteiger partial charge < -0.3 is 10.1 Å². The maximum absolute atomic E-state index is 12.4. The summed E-state index contributed by atoms with van der Waals surface area (Å²) < 4.78 is 9.07. The number of tetrazole rings is 1. The minimum absolute atomic E-state index is 0.174. The van der Waals surface area contributed by atoms with Gasteiger partial charge in [-0.15, -0.1) is 5.10 Å². The molecular weight excluding hydrogens is 322 g/mol. The zero-order chi connectivity index (χ0) is 17.5. The van der Waals surface area contributed by atoms with Gasteiger partial charge in [-0.2, -0.15) is 5.10 Å². The fourth-order valence-electron chi connectivity index (χ4n) is 2.26. The van der Waals surface area contributed by atoms with Gasteiger partial charge in [-0.05, 0) is 35.0 Å². The number of aryl methyl sites for hydroxylation is 2. The fourth-order valence-corrected chi connectivity index (χ4v) is 2.26. The van der Waals surface area contributed by atoms with Crippen LogP contribution in [-0.4, -0.2) is 42.4 Å². The lowest BCUT2D eigenvalue weighted by Gasteiger charge is -2.11. The van der Waals surface area contributed by atoms with E-state index in [1.807, 2.05) is 23.0 Å². The number of rotatable bonds is 8. The Labute approximate surface area is 144 Å². The number of nitrogens with one attached hydrogen (secondary N) is 1. The standard InChI is InChI=1S/C16H19N7O2/c1-22-15(19-20-21-22)12-25-14-7-3-2-6-13(14)16(24)17-8-4-10-23-11-5-9-18-23/h2-3,5-7,9,11H,4,8,10,12H2,1H3,(H,17,24). The summed E-state index contributed by atoms with van der Waals surface area (Å²) >= 11 is 0. The number of aromatic nitrogens is 6. The summed E-state index contributed by atoms with van der Waals surface area (Å²) in [5.74, 6) is 0.900. The molecule has 0 aliphatic heterocycles. The van der Waals surface area contributed by atoms with E-state index in [9.17, 15) is 4.79 Å². The Morgan fingerprint density at radius 1 is 1.28 bits per heavy atom. The lowest BCUT2D eigenvalue weighted by molar-refractivity contribution is 0.0948. The molecule has 1 N–H and O–H groups in total. The van der Waals surface area contributed by atoms with Gasteiger partial charge in [-0.1, -0.05) is 12.1 Å². The Morgan fingerprint density at radius 3 is 2.92 bits per heavy atom. The third kappa shape index (κ3) is 4.40. The van der Waals surface area contributed by atoms with Crippen LogP contribution in [0.3, 0.4) is 0 Å². The van der Waals surface area contributed by atoms with E-state index >= 15 is 0 Å². The van der Waals surface area contributed by atoms with Crippen LogP contribution < -0.4 is 10.1 Å². The molecule has 0 radical (unpaired) electrons. The van der Waals surface area contributed by atoms with Crippen molar-refractivity contribution in [1.82, 2.24) is 35.3 Å². The molecule has 2 aromatic heterocycles. The Balaban J connectivity index is 1.54. The number of carbonyl (C=O) groups excluding carboxylic acids is 1.